The summed E-state index contributed by atoms with van der Waals surface area (Å²) in [6.07, 6.45) is -2.41. The molecule has 1 unspecified atom stereocenters. The average molecular weight is 275 g/mol. The second-order valence-corrected chi connectivity index (χ2v) is 4.73. The monoisotopic (exact) mass is 275 g/mol. The summed E-state index contributed by atoms with van der Waals surface area (Å²) >= 11 is 0. The zero-order valence-electron chi connectivity index (χ0n) is 10.6. The third kappa shape index (κ3) is 2.90. The molecule has 0 saturated carbocycles. The Hall–Kier alpha value is -1.53. The van der Waals surface area contributed by atoms with Crippen molar-refractivity contribution in [2.24, 2.45) is 0 Å². The maximum atomic E-state index is 12.8. The Kier molecular flexibility index (Phi) is 3.82. The largest absolute Gasteiger partial charge is 0.408 e. The van der Waals surface area contributed by atoms with Crippen LogP contribution in [-0.4, -0.2) is 39.8 Å². The number of halogens is 3. The van der Waals surface area contributed by atoms with Crippen LogP contribution in [0.5, 0.6) is 0 Å². The molecule has 0 aliphatic carbocycles. The van der Waals surface area contributed by atoms with Crippen LogP contribution in [0.4, 0.5) is 13.2 Å². The molecule has 2 rings (SSSR count). The molecule has 106 valence electrons. The highest BCUT2D eigenvalue weighted by Crippen LogP contribution is 2.33. The smallest absolute Gasteiger partial charge is 0.325 e. The number of nitrogens with zero attached hydrogens (tertiary/aromatic N) is 2. The number of hydrogen-bond donors (Lipinski definition) is 1. The van der Waals surface area contributed by atoms with E-state index < -0.39 is 18.1 Å². The summed E-state index contributed by atoms with van der Waals surface area (Å²) in [5.41, 5.74) is 0.841. The van der Waals surface area contributed by atoms with Crippen molar-refractivity contribution in [2.75, 3.05) is 6.54 Å². The molecule has 2 heterocycles. The van der Waals surface area contributed by atoms with E-state index in [4.69, 9.17) is 0 Å². The predicted octanol–water partition coefficient (Wildman–Crippen LogP) is 2.53. The van der Waals surface area contributed by atoms with Crippen LogP contribution in [0.2, 0.25) is 0 Å². The number of aryl methyl sites for hydroxylation is 1. The molecule has 1 atom stereocenters. The number of carbonyl (C=O) groups excluding carboxylic acids is 1. The molecule has 0 spiro atoms. The average Bonchev–Trinajstić information content (AvgIpc) is 2.95. The summed E-state index contributed by atoms with van der Waals surface area (Å²) < 4.78 is 38.4. The van der Waals surface area contributed by atoms with Crippen LogP contribution in [0.15, 0.2) is 6.07 Å². The van der Waals surface area contributed by atoms with Gasteiger partial charge in [0, 0.05) is 12.2 Å². The van der Waals surface area contributed by atoms with E-state index in [1.165, 1.54) is 6.07 Å². The van der Waals surface area contributed by atoms with Gasteiger partial charge >= 0.3 is 6.18 Å². The van der Waals surface area contributed by atoms with Crippen molar-refractivity contribution in [3.8, 4) is 0 Å². The van der Waals surface area contributed by atoms with Crippen molar-refractivity contribution in [2.45, 2.75) is 44.8 Å². The van der Waals surface area contributed by atoms with Gasteiger partial charge in [-0.05, 0) is 25.3 Å². The summed E-state index contributed by atoms with van der Waals surface area (Å²) in [5.74, 6) is -0.640. The third-order valence-corrected chi connectivity index (χ3v) is 3.26. The molecular formula is C12H16F3N3O. The number of aromatic amines is 1. The maximum Gasteiger partial charge on any atom is 0.408 e. The molecule has 7 heteroatoms. The molecule has 0 bridgehead atoms. The molecule has 1 aromatic heterocycles. The van der Waals surface area contributed by atoms with Crippen LogP contribution >= 0.6 is 0 Å². The molecule has 1 saturated heterocycles. The van der Waals surface area contributed by atoms with Crippen molar-refractivity contribution in [1.82, 2.24) is 15.1 Å². The molecule has 1 N–H and O–H groups in total. The Morgan fingerprint density at radius 2 is 2.32 bits per heavy atom. The lowest BCUT2D eigenvalue weighted by Gasteiger charge is -2.25. The SMILES string of the molecule is CCCc1cc(C(=O)N2CCCC2C(F)(F)F)n[nH]1. The second-order valence-electron chi connectivity index (χ2n) is 4.73. The number of alkyl halides is 3. The van der Waals surface area contributed by atoms with Crippen LogP contribution in [-0.2, 0) is 6.42 Å². The van der Waals surface area contributed by atoms with Gasteiger partial charge in [-0.15, -0.1) is 0 Å². The van der Waals surface area contributed by atoms with Crippen LogP contribution in [0.25, 0.3) is 0 Å². The van der Waals surface area contributed by atoms with Gasteiger partial charge in [-0.25, -0.2) is 0 Å². The Balaban J connectivity index is 2.14. The second kappa shape index (κ2) is 5.22. The molecule has 1 amide bonds. The molecular weight excluding hydrogens is 259 g/mol. The number of aromatic nitrogens is 2. The molecule has 1 aliphatic rings. The first-order valence-electron chi connectivity index (χ1n) is 6.35. The van der Waals surface area contributed by atoms with Crippen molar-refractivity contribution in [3.63, 3.8) is 0 Å². The van der Waals surface area contributed by atoms with E-state index in [0.717, 1.165) is 23.4 Å². The minimum Gasteiger partial charge on any atom is -0.325 e. The molecule has 1 aliphatic heterocycles. The first-order valence-corrected chi connectivity index (χ1v) is 6.35. The number of nitrogens with one attached hydrogen (secondary N) is 1. The van der Waals surface area contributed by atoms with E-state index in [1.807, 2.05) is 6.92 Å². The highest BCUT2D eigenvalue weighted by molar-refractivity contribution is 5.92. The number of carbonyl (C=O) groups is 1. The number of amides is 1. The van der Waals surface area contributed by atoms with E-state index in [0.29, 0.717) is 6.42 Å². The molecule has 1 aromatic rings. The standard InChI is InChI=1S/C12H16F3N3O/c1-2-4-8-7-9(17-16-8)11(19)18-6-3-5-10(18)12(13,14)15/h7,10H,2-6H2,1H3,(H,16,17). The maximum absolute atomic E-state index is 12.8. The van der Waals surface area contributed by atoms with Crippen molar-refractivity contribution in [3.05, 3.63) is 17.5 Å². The molecule has 0 radical (unpaired) electrons. The molecule has 19 heavy (non-hydrogen) atoms. The van der Waals surface area contributed by atoms with Crippen molar-refractivity contribution >= 4 is 5.91 Å². The van der Waals surface area contributed by atoms with E-state index in [2.05, 4.69) is 10.2 Å². The molecule has 0 aromatic carbocycles. The predicted molar refractivity (Wildman–Crippen MR) is 62.7 cm³/mol. The van der Waals surface area contributed by atoms with E-state index in [9.17, 15) is 18.0 Å². The van der Waals surface area contributed by atoms with Gasteiger partial charge in [0.1, 0.15) is 11.7 Å². The third-order valence-electron chi connectivity index (χ3n) is 3.26. The zero-order chi connectivity index (χ0) is 14.0. The van der Waals surface area contributed by atoms with E-state index in [1.54, 1.807) is 0 Å². The minimum atomic E-state index is -4.37. The first kappa shape index (κ1) is 13.9. The van der Waals surface area contributed by atoms with Gasteiger partial charge in [0.05, 0.1) is 0 Å². The lowest BCUT2D eigenvalue weighted by Crippen LogP contribution is -2.44. The van der Waals surface area contributed by atoms with Crippen LogP contribution in [0, 0.1) is 0 Å². The Bertz CT molecular complexity index is 455. The quantitative estimate of drug-likeness (QED) is 0.921. The zero-order valence-corrected chi connectivity index (χ0v) is 10.6. The Labute approximate surface area is 109 Å². The highest BCUT2D eigenvalue weighted by Gasteiger charge is 2.48. The van der Waals surface area contributed by atoms with Gasteiger partial charge in [0.25, 0.3) is 5.91 Å². The number of likely N-dealkylation sites (tertiary alicyclic amines) is 1. The van der Waals surface area contributed by atoms with Gasteiger partial charge in [-0.3, -0.25) is 9.89 Å². The van der Waals surface area contributed by atoms with Gasteiger partial charge in [0.15, 0.2) is 0 Å². The summed E-state index contributed by atoms with van der Waals surface area (Å²) in [6.45, 7) is 2.11. The summed E-state index contributed by atoms with van der Waals surface area (Å²) in [4.78, 5) is 12.9. The number of rotatable bonds is 3. The van der Waals surface area contributed by atoms with Crippen LogP contribution < -0.4 is 0 Å². The van der Waals surface area contributed by atoms with E-state index in [-0.39, 0.29) is 18.7 Å². The molecule has 4 nitrogen and oxygen atoms in total. The lowest BCUT2D eigenvalue weighted by atomic mass is 10.2. The topological polar surface area (TPSA) is 49.0 Å². The van der Waals surface area contributed by atoms with Crippen LogP contribution in [0.1, 0.15) is 42.4 Å². The summed E-state index contributed by atoms with van der Waals surface area (Å²) in [6, 6.07) is -0.135. The van der Waals surface area contributed by atoms with Gasteiger partial charge < -0.3 is 4.90 Å². The summed E-state index contributed by atoms with van der Waals surface area (Å²) in [5, 5.41) is 6.50. The fourth-order valence-corrected chi connectivity index (χ4v) is 2.37. The summed E-state index contributed by atoms with van der Waals surface area (Å²) in [7, 11) is 0. The first-order chi connectivity index (χ1) is 8.93. The normalized spacial score (nSPS) is 20.0. The highest BCUT2D eigenvalue weighted by atomic mass is 19.4. The van der Waals surface area contributed by atoms with Gasteiger partial charge in [0.2, 0.25) is 0 Å². The Morgan fingerprint density at radius 1 is 1.58 bits per heavy atom. The fraction of sp³-hybridized carbons (Fsp3) is 0.667. The Morgan fingerprint density at radius 3 is 2.95 bits per heavy atom. The fourth-order valence-electron chi connectivity index (χ4n) is 2.37. The van der Waals surface area contributed by atoms with Crippen molar-refractivity contribution in [1.29, 1.82) is 0 Å². The minimum absolute atomic E-state index is 0.0263. The lowest BCUT2D eigenvalue weighted by molar-refractivity contribution is -0.169. The van der Waals surface area contributed by atoms with Crippen molar-refractivity contribution < 1.29 is 18.0 Å². The molecule has 1 fully saturated rings. The number of hydrogen-bond acceptors (Lipinski definition) is 2. The van der Waals surface area contributed by atoms with E-state index >= 15 is 0 Å². The van der Waals surface area contributed by atoms with Gasteiger partial charge in [-0.1, -0.05) is 13.3 Å². The van der Waals surface area contributed by atoms with Gasteiger partial charge in [-0.2, -0.15) is 18.3 Å². The number of H-pyrrole nitrogens is 1. The van der Waals surface area contributed by atoms with Crippen LogP contribution in [0.3, 0.4) is 0 Å².